The molecule has 0 saturated carbocycles. The minimum Gasteiger partial charge on any atom is -0.397 e. The fourth-order valence-corrected chi connectivity index (χ4v) is 4.04. The van der Waals surface area contributed by atoms with Crippen LogP contribution in [0.4, 0.5) is 11.4 Å². The molecule has 0 radical (unpaired) electrons. The Balaban J connectivity index is 1.44. The van der Waals surface area contributed by atoms with Gasteiger partial charge in [0.2, 0.25) is 0 Å². The molecule has 4 heteroatoms. The van der Waals surface area contributed by atoms with E-state index in [0.29, 0.717) is 11.4 Å². The third kappa shape index (κ3) is 4.73. The summed E-state index contributed by atoms with van der Waals surface area (Å²) in [4.78, 5) is 0. The topological polar surface area (TPSA) is 78.5 Å². The Bertz CT molecular complexity index is 1030. The van der Waals surface area contributed by atoms with Crippen molar-refractivity contribution >= 4 is 11.4 Å². The molecule has 154 valence electrons. The van der Waals surface area contributed by atoms with Crippen LogP contribution in [0.3, 0.4) is 0 Å². The average Bonchev–Trinajstić information content (AvgIpc) is 2.76. The first kappa shape index (κ1) is 20.2. The van der Waals surface area contributed by atoms with Gasteiger partial charge in [-0.3, -0.25) is 0 Å². The molecule has 4 nitrogen and oxygen atoms in total. The zero-order valence-corrected chi connectivity index (χ0v) is 17.0. The van der Waals surface area contributed by atoms with Gasteiger partial charge in [0.1, 0.15) is 12.3 Å². The molecule has 0 heterocycles. The maximum absolute atomic E-state index is 10.8. The van der Waals surface area contributed by atoms with Gasteiger partial charge in [0, 0.05) is 0 Å². The van der Waals surface area contributed by atoms with Crippen LogP contribution >= 0.6 is 0 Å². The van der Waals surface area contributed by atoms with Gasteiger partial charge < -0.3 is 21.3 Å². The first-order valence-electron chi connectivity index (χ1n) is 10.4. The SMILES string of the molecule is Nc1ccccc1NC(O)/C=C/C1=CC(/C=C2\CCc3ccccc3C2O)=CCC1. The number of allylic oxidation sites excluding steroid dienone is 6. The van der Waals surface area contributed by atoms with Crippen molar-refractivity contribution in [3.05, 3.63) is 107 Å². The minimum absolute atomic E-state index is 0.535. The summed E-state index contributed by atoms with van der Waals surface area (Å²) in [6, 6.07) is 15.5. The van der Waals surface area contributed by atoms with Crippen LogP contribution in [-0.2, 0) is 6.42 Å². The number of para-hydroxylation sites is 2. The molecule has 2 aliphatic carbocycles. The summed E-state index contributed by atoms with van der Waals surface area (Å²) >= 11 is 0. The van der Waals surface area contributed by atoms with Gasteiger partial charge >= 0.3 is 0 Å². The Morgan fingerprint density at radius 1 is 1.03 bits per heavy atom. The quantitative estimate of drug-likeness (QED) is 0.429. The molecule has 2 aliphatic rings. The molecule has 0 spiro atoms. The van der Waals surface area contributed by atoms with Crippen molar-refractivity contribution in [3.63, 3.8) is 0 Å². The molecule has 0 bridgehead atoms. The van der Waals surface area contributed by atoms with Crippen LogP contribution in [0.2, 0.25) is 0 Å². The van der Waals surface area contributed by atoms with Gasteiger partial charge in [0.05, 0.1) is 11.4 Å². The number of rotatable bonds is 5. The number of aliphatic hydroxyl groups is 2. The third-order valence-electron chi connectivity index (χ3n) is 5.66. The Kier molecular flexibility index (Phi) is 6.17. The standard InChI is InChI=1S/C26H28N2O2/c27-23-10-3-4-11-24(23)28-25(29)15-12-18-6-5-7-19(16-18)17-21-14-13-20-8-1-2-9-22(20)26(21)30/h1-4,7-12,15-17,25-26,28-30H,5-6,13-14,27H2/b15-12+,21-17+. The first-order valence-corrected chi connectivity index (χ1v) is 10.4. The highest BCUT2D eigenvalue weighted by molar-refractivity contribution is 5.66. The number of hydrogen-bond donors (Lipinski definition) is 4. The summed E-state index contributed by atoms with van der Waals surface area (Å²) in [6.07, 6.45) is 12.5. The lowest BCUT2D eigenvalue weighted by Gasteiger charge is -2.25. The molecule has 0 fully saturated rings. The van der Waals surface area contributed by atoms with E-state index in [0.717, 1.165) is 48.0 Å². The number of anilines is 2. The van der Waals surface area contributed by atoms with Crippen LogP contribution < -0.4 is 11.1 Å². The predicted molar refractivity (Wildman–Crippen MR) is 123 cm³/mol. The Hall–Kier alpha value is -3.08. The summed E-state index contributed by atoms with van der Waals surface area (Å²) < 4.78 is 0. The van der Waals surface area contributed by atoms with E-state index < -0.39 is 12.3 Å². The van der Waals surface area contributed by atoms with Gasteiger partial charge in [-0.05, 0) is 71.7 Å². The monoisotopic (exact) mass is 400 g/mol. The van der Waals surface area contributed by atoms with Crippen LogP contribution in [0.5, 0.6) is 0 Å². The van der Waals surface area contributed by atoms with E-state index in [4.69, 9.17) is 5.73 Å². The van der Waals surface area contributed by atoms with E-state index >= 15 is 0 Å². The zero-order valence-electron chi connectivity index (χ0n) is 17.0. The van der Waals surface area contributed by atoms with Gasteiger partial charge in [0.15, 0.2) is 0 Å². The summed E-state index contributed by atoms with van der Waals surface area (Å²) in [5.41, 5.74) is 12.8. The molecule has 5 N–H and O–H groups in total. The van der Waals surface area contributed by atoms with Gasteiger partial charge in [0.25, 0.3) is 0 Å². The molecule has 0 saturated heterocycles. The maximum atomic E-state index is 10.8. The molecular weight excluding hydrogens is 372 g/mol. The van der Waals surface area contributed by atoms with Crippen molar-refractivity contribution in [1.29, 1.82) is 0 Å². The second-order valence-electron chi connectivity index (χ2n) is 7.82. The smallest absolute Gasteiger partial charge is 0.144 e. The summed E-state index contributed by atoms with van der Waals surface area (Å²) in [5.74, 6) is 0. The van der Waals surface area contributed by atoms with Crippen molar-refractivity contribution in [3.8, 4) is 0 Å². The molecule has 2 aromatic rings. The number of benzene rings is 2. The number of fused-ring (bicyclic) bond motifs is 1. The largest absolute Gasteiger partial charge is 0.397 e. The molecule has 4 rings (SSSR count). The number of nitrogens with one attached hydrogen (secondary N) is 1. The number of hydrogen-bond acceptors (Lipinski definition) is 4. The molecule has 0 amide bonds. The number of aryl methyl sites for hydroxylation is 1. The lowest BCUT2D eigenvalue weighted by molar-refractivity contribution is 0.205. The average molecular weight is 401 g/mol. The van der Waals surface area contributed by atoms with Crippen molar-refractivity contribution in [2.24, 2.45) is 0 Å². The van der Waals surface area contributed by atoms with Crippen LogP contribution in [0.15, 0.2) is 95.6 Å². The molecule has 0 aromatic heterocycles. The second kappa shape index (κ2) is 9.16. The van der Waals surface area contributed by atoms with E-state index in [2.05, 4.69) is 29.6 Å². The predicted octanol–water partition coefficient (Wildman–Crippen LogP) is 4.81. The van der Waals surface area contributed by atoms with Crippen molar-refractivity contribution in [1.82, 2.24) is 0 Å². The Labute approximate surface area is 177 Å². The van der Waals surface area contributed by atoms with Gasteiger partial charge in [-0.25, -0.2) is 0 Å². The molecule has 30 heavy (non-hydrogen) atoms. The van der Waals surface area contributed by atoms with E-state index in [9.17, 15) is 10.2 Å². The van der Waals surface area contributed by atoms with Crippen molar-refractivity contribution in [2.45, 2.75) is 38.0 Å². The van der Waals surface area contributed by atoms with Crippen LogP contribution in [0.1, 0.15) is 36.5 Å². The van der Waals surface area contributed by atoms with Gasteiger partial charge in [-0.15, -0.1) is 0 Å². The molecular formula is C26H28N2O2. The zero-order chi connectivity index (χ0) is 20.9. The number of aliphatic hydroxyl groups excluding tert-OH is 2. The fraction of sp³-hybridized carbons (Fsp3) is 0.231. The lowest BCUT2D eigenvalue weighted by atomic mass is 9.84. The lowest BCUT2D eigenvalue weighted by Crippen LogP contribution is -2.16. The molecule has 2 atom stereocenters. The minimum atomic E-state index is -0.819. The van der Waals surface area contributed by atoms with E-state index in [-0.39, 0.29) is 0 Å². The van der Waals surface area contributed by atoms with Gasteiger partial charge in [-0.1, -0.05) is 60.7 Å². The van der Waals surface area contributed by atoms with Crippen LogP contribution in [-0.4, -0.2) is 16.4 Å². The van der Waals surface area contributed by atoms with E-state index in [1.807, 2.05) is 42.5 Å². The number of nitrogens with two attached hydrogens (primary N) is 1. The van der Waals surface area contributed by atoms with Crippen LogP contribution in [0, 0.1) is 0 Å². The summed E-state index contributed by atoms with van der Waals surface area (Å²) in [5, 5.41) is 24.0. The van der Waals surface area contributed by atoms with Crippen LogP contribution in [0.25, 0.3) is 0 Å². The fourth-order valence-electron chi connectivity index (χ4n) is 4.04. The molecule has 2 unspecified atom stereocenters. The van der Waals surface area contributed by atoms with Crippen molar-refractivity contribution < 1.29 is 10.2 Å². The Morgan fingerprint density at radius 3 is 2.70 bits per heavy atom. The van der Waals surface area contributed by atoms with E-state index in [1.54, 1.807) is 12.1 Å². The van der Waals surface area contributed by atoms with E-state index in [1.165, 1.54) is 5.56 Å². The van der Waals surface area contributed by atoms with Gasteiger partial charge in [-0.2, -0.15) is 0 Å². The highest BCUT2D eigenvalue weighted by Gasteiger charge is 2.22. The third-order valence-corrected chi connectivity index (χ3v) is 5.66. The molecule has 2 aromatic carbocycles. The second-order valence-corrected chi connectivity index (χ2v) is 7.82. The number of nitrogen functional groups attached to an aromatic ring is 1. The highest BCUT2D eigenvalue weighted by Crippen LogP contribution is 2.35. The van der Waals surface area contributed by atoms with Crippen molar-refractivity contribution in [2.75, 3.05) is 11.1 Å². The summed E-state index contributed by atoms with van der Waals surface area (Å²) in [6.45, 7) is 0. The maximum Gasteiger partial charge on any atom is 0.144 e. The summed E-state index contributed by atoms with van der Waals surface area (Å²) in [7, 11) is 0. The Morgan fingerprint density at radius 2 is 1.83 bits per heavy atom. The normalized spacial score (nSPS) is 21.1. The first-order chi connectivity index (χ1) is 14.6. The molecule has 0 aliphatic heterocycles. The highest BCUT2D eigenvalue weighted by atomic mass is 16.3.